The van der Waals surface area contributed by atoms with Crippen LogP contribution < -0.4 is 5.43 Å². The Morgan fingerprint density at radius 2 is 1.48 bits per heavy atom. The zero-order chi connectivity index (χ0) is 19.1. The van der Waals surface area contributed by atoms with E-state index in [1.165, 1.54) is 0 Å². The van der Waals surface area contributed by atoms with Gasteiger partial charge in [-0.1, -0.05) is 12.2 Å². The van der Waals surface area contributed by atoms with Crippen LogP contribution in [0.1, 0.15) is 22.3 Å². The third-order valence-corrected chi connectivity index (χ3v) is 6.35. The van der Waals surface area contributed by atoms with E-state index >= 15 is 0 Å². The minimum atomic E-state index is -4.50. The third-order valence-electron chi connectivity index (χ3n) is 6.35. The van der Waals surface area contributed by atoms with Crippen molar-refractivity contribution >= 4 is 17.7 Å². The molecule has 5 nitrogen and oxygen atoms in total. The van der Waals surface area contributed by atoms with Crippen LogP contribution in [0.5, 0.6) is 0 Å². The fourth-order valence-corrected chi connectivity index (χ4v) is 5.04. The highest BCUT2D eigenvalue weighted by atomic mass is 19.4. The highest BCUT2D eigenvalue weighted by molar-refractivity contribution is 6.08. The molecule has 0 spiro atoms. The van der Waals surface area contributed by atoms with Crippen molar-refractivity contribution in [1.82, 2.24) is 10.4 Å². The van der Waals surface area contributed by atoms with Crippen LogP contribution in [-0.4, -0.2) is 22.7 Å². The maximum atomic E-state index is 12.8. The largest absolute Gasteiger partial charge is 0.416 e. The lowest BCUT2D eigenvalue weighted by atomic mass is 9.63. The van der Waals surface area contributed by atoms with E-state index in [0.29, 0.717) is 11.8 Å². The van der Waals surface area contributed by atoms with Crippen LogP contribution in [0.25, 0.3) is 0 Å². The van der Waals surface area contributed by atoms with E-state index in [0.717, 1.165) is 35.7 Å². The second-order valence-corrected chi connectivity index (χ2v) is 7.68. The second-order valence-electron chi connectivity index (χ2n) is 7.68. The number of hydrogen-bond acceptors (Lipinski definition) is 3. The first-order valence-corrected chi connectivity index (χ1v) is 8.82. The fraction of sp³-hybridized carbons (Fsp3) is 0.421. The molecule has 6 rings (SSSR count). The molecule has 0 aromatic heterocycles. The molecule has 3 fully saturated rings. The first kappa shape index (κ1) is 16.5. The van der Waals surface area contributed by atoms with Crippen molar-refractivity contribution in [1.29, 1.82) is 0 Å². The van der Waals surface area contributed by atoms with Crippen molar-refractivity contribution in [2.45, 2.75) is 12.6 Å². The molecule has 1 saturated heterocycles. The topological polar surface area (TPSA) is 66.5 Å². The van der Waals surface area contributed by atoms with Gasteiger partial charge in [0.2, 0.25) is 0 Å². The van der Waals surface area contributed by atoms with Gasteiger partial charge in [-0.25, -0.2) is 0 Å². The molecule has 4 unspecified atom stereocenters. The summed E-state index contributed by atoms with van der Waals surface area (Å²) in [6.45, 7) is 0. The molecule has 4 aliphatic carbocycles. The highest BCUT2D eigenvalue weighted by Gasteiger charge is 2.67. The predicted octanol–water partition coefficient (Wildman–Crippen LogP) is 2.40. The highest BCUT2D eigenvalue weighted by Crippen LogP contribution is 2.65. The zero-order valence-corrected chi connectivity index (χ0v) is 13.9. The van der Waals surface area contributed by atoms with Crippen LogP contribution in [0.3, 0.4) is 0 Å². The normalized spacial score (nSPS) is 35.9. The Hall–Kier alpha value is -2.64. The number of halogens is 3. The summed E-state index contributed by atoms with van der Waals surface area (Å²) in [6.07, 6.45) is 0.575. The average Bonchev–Trinajstić information content (AvgIpc) is 3.42. The van der Waals surface area contributed by atoms with E-state index in [-0.39, 0.29) is 17.4 Å². The standard InChI is InChI=1S/C19H15F3N2O3/c20-19(21,22)9-3-1-8(2-4-9)16(25)23-24-17(26)14-10-5-6-11(13-7-12(10)13)15(14)18(24)27/h1-6,10-15H,7H2,(H,23,25)/t10-,11+,12?,13?,14?,15?. The monoisotopic (exact) mass is 376 g/mol. The molecule has 27 heavy (non-hydrogen) atoms. The van der Waals surface area contributed by atoms with Gasteiger partial charge < -0.3 is 0 Å². The number of carbonyl (C=O) groups is 3. The predicted molar refractivity (Wildman–Crippen MR) is 85.5 cm³/mol. The molecule has 1 aromatic carbocycles. The maximum absolute atomic E-state index is 12.8. The number of benzene rings is 1. The summed E-state index contributed by atoms with van der Waals surface area (Å²) in [5.74, 6) is -1.54. The van der Waals surface area contributed by atoms with E-state index < -0.39 is 41.3 Å². The third kappa shape index (κ3) is 2.28. The van der Waals surface area contributed by atoms with Gasteiger partial charge in [0.1, 0.15) is 0 Å². The summed E-state index contributed by atoms with van der Waals surface area (Å²) >= 11 is 0. The Bertz CT molecular complexity index is 856. The lowest BCUT2D eigenvalue weighted by Crippen LogP contribution is -2.46. The maximum Gasteiger partial charge on any atom is 0.416 e. The van der Waals surface area contributed by atoms with Crippen molar-refractivity contribution in [2.75, 3.05) is 0 Å². The Kier molecular flexibility index (Phi) is 3.19. The first-order chi connectivity index (χ1) is 12.8. The molecule has 1 aliphatic heterocycles. The van der Waals surface area contributed by atoms with E-state index in [4.69, 9.17) is 0 Å². The molecule has 1 heterocycles. The number of nitrogens with one attached hydrogen (secondary N) is 1. The van der Waals surface area contributed by atoms with Gasteiger partial charge in [-0.2, -0.15) is 18.2 Å². The van der Waals surface area contributed by atoms with Gasteiger partial charge in [0.05, 0.1) is 17.4 Å². The molecule has 2 saturated carbocycles. The van der Waals surface area contributed by atoms with Crippen molar-refractivity contribution in [3.05, 3.63) is 47.5 Å². The summed E-state index contributed by atoms with van der Waals surface area (Å²) in [5.41, 5.74) is 1.37. The van der Waals surface area contributed by atoms with E-state index in [1.807, 2.05) is 12.2 Å². The summed E-state index contributed by atoms with van der Waals surface area (Å²) < 4.78 is 37.9. The molecule has 6 atom stereocenters. The van der Waals surface area contributed by atoms with Crippen LogP contribution >= 0.6 is 0 Å². The van der Waals surface area contributed by atoms with Crippen molar-refractivity contribution < 1.29 is 27.6 Å². The molecular weight excluding hydrogens is 361 g/mol. The summed E-state index contributed by atoms with van der Waals surface area (Å²) in [4.78, 5) is 37.9. The van der Waals surface area contributed by atoms with E-state index in [1.54, 1.807) is 0 Å². The molecule has 140 valence electrons. The van der Waals surface area contributed by atoms with Gasteiger partial charge in [0.25, 0.3) is 17.7 Å². The van der Waals surface area contributed by atoms with Crippen LogP contribution in [-0.2, 0) is 15.8 Å². The smallest absolute Gasteiger partial charge is 0.272 e. The number of allylic oxidation sites excluding steroid dienone is 2. The van der Waals surface area contributed by atoms with Gasteiger partial charge in [0.15, 0.2) is 0 Å². The van der Waals surface area contributed by atoms with Crippen LogP contribution in [0.2, 0.25) is 0 Å². The first-order valence-electron chi connectivity index (χ1n) is 8.82. The SMILES string of the molecule is O=C(NN1C(=O)C2C(C1=O)[C@H]1C=C[C@@H]2C2CC21)c1ccc(C(F)(F)F)cc1. The average molecular weight is 376 g/mol. The molecule has 5 aliphatic rings. The molecule has 3 amide bonds. The lowest BCUT2D eigenvalue weighted by molar-refractivity contribution is -0.143. The van der Waals surface area contributed by atoms with Gasteiger partial charge in [-0.05, 0) is 54.4 Å². The van der Waals surface area contributed by atoms with Gasteiger partial charge in [0, 0.05) is 5.56 Å². The molecule has 2 bridgehead atoms. The van der Waals surface area contributed by atoms with Crippen molar-refractivity contribution in [2.24, 2.45) is 35.5 Å². The van der Waals surface area contributed by atoms with Crippen LogP contribution in [0, 0.1) is 35.5 Å². The van der Waals surface area contributed by atoms with E-state index in [2.05, 4.69) is 5.43 Å². The van der Waals surface area contributed by atoms with Crippen molar-refractivity contribution in [3.63, 3.8) is 0 Å². The summed E-state index contributed by atoms with van der Waals surface area (Å²) in [5, 5.41) is 0.771. The summed E-state index contributed by atoms with van der Waals surface area (Å²) in [7, 11) is 0. The zero-order valence-electron chi connectivity index (χ0n) is 13.9. The van der Waals surface area contributed by atoms with Crippen LogP contribution in [0.4, 0.5) is 13.2 Å². The number of imide groups is 1. The quantitative estimate of drug-likeness (QED) is 0.637. The van der Waals surface area contributed by atoms with E-state index in [9.17, 15) is 27.6 Å². The number of hydrogen-bond donors (Lipinski definition) is 1. The molecule has 1 aromatic rings. The minimum Gasteiger partial charge on any atom is -0.272 e. The Balaban J connectivity index is 1.35. The number of amides is 3. The Labute approximate surface area is 152 Å². The molecule has 1 N–H and O–H groups in total. The molecular formula is C19H15F3N2O3. The number of rotatable bonds is 2. The number of nitrogens with zero attached hydrogens (tertiary/aromatic N) is 1. The van der Waals surface area contributed by atoms with Crippen LogP contribution in [0.15, 0.2) is 36.4 Å². The fourth-order valence-electron chi connectivity index (χ4n) is 5.04. The minimum absolute atomic E-state index is 0.0365. The molecule has 0 radical (unpaired) electrons. The van der Waals surface area contributed by atoms with Gasteiger partial charge >= 0.3 is 6.18 Å². The number of hydrazine groups is 1. The van der Waals surface area contributed by atoms with Crippen molar-refractivity contribution in [3.8, 4) is 0 Å². The Morgan fingerprint density at radius 3 is 1.96 bits per heavy atom. The van der Waals surface area contributed by atoms with Gasteiger partial charge in [-0.15, -0.1) is 0 Å². The second kappa shape index (κ2) is 5.21. The van der Waals surface area contributed by atoms with Gasteiger partial charge in [-0.3, -0.25) is 19.8 Å². The number of carbonyl (C=O) groups excluding carboxylic acids is 3. The summed E-state index contributed by atoms with van der Waals surface area (Å²) in [6, 6.07) is 3.63. The molecule has 8 heteroatoms. The Morgan fingerprint density at radius 1 is 0.963 bits per heavy atom. The lowest BCUT2D eigenvalue weighted by Gasteiger charge is -2.37. The number of alkyl halides is 3.